The summed E-state index contributed by atoms with van der Waals surface area (Å²) in [4.78, 5) is 2.45. The Kier molecular flexibility index (Phi) is 0.945. The molecular weight excluding hydrogens is 112 g/mol. The van der Waals surface area contributed by atoms with Crippen LogP contribution in [0, 0.1) is 0 Å². The minimum Gasteiger partial charge on any atom is -0.309 e. The number of nitrogens with one attached hydrogen (secondary N) is 1. The summed E-state index contributed by atoms with van der Waals surface area (Å²) >= 11 is 0. The average molecular weight is 126 g/mol. The summed E-state index contributed by atoms with van der Waals surface area (Å²) in [6.45, 7) is 4.75. The highest BCUT2D eigenvalue weighted by atomic mass is 15.3. The van der Waals surface area contributed by atoms with Crippen LogP contribution in [0.25, 0.3) is 0 Å². The number of piperazine rings is 1. The molecule has 2 bridgehead atoms. The number of nitrogens with zero attached hydrogens (tertiary/aromatic N) is 1. The lowest BCUT2D eigenvalue weighted by molar-refractivity contribution is 0.245. The third-order valence-electron chi connectivity index (χ3n) is 2.67. The molecule has 52 valence electrons. The smallest absolute Gasteiger partial charge is 0.0296 e. The lowest BCUT2D eigenvalue weighted by Crippen LogP contribution is -2.48. The van der Waals surface area contributed by atoms with Crippen LogP contribution < -0.4 is 5.32 Å². The van der Waals surface area contributed by atoms with Gasteiger partial charge in [0, 0.05) is 24.7 Å². The Labute approximate surface area is 56.2 Å². The molecule has 2 heterocycles. The minimum absolute atomic E-state index is 0.458. The summed E-state index contributed by atoms with van der Waals surface area (Å²) in [6.07, 6.45) is 1.35. The van der Waals surface area contributed by atoms with Gasteiger partial charge in [-0.2, -0.15) is 0 Å². The summed E-state index contributed by atoms with van der Waals surface area (Å²) in [7, 11) is 2.22. The van der Waals surface area contributed by atoms with Crippen molar-refractivity contribution in [3.63, 3.8) is 0 Å². The van der Waals surface area contributed by atoms with Crippen LogP contribution in [0.2, 0.25) is 0 Å². The zero-order valence-corrected chi connectivity index (χ0v) is 6.15. The second-order valence-electron chi connectivity index (χ2n) is 3.71. The molecule has 0 aromatic carbocycles. The van der Waals surface area contributed by atoms with Gasteiger partial charge in [0.1, 0.15) is 0 Å². The van der Waals surface area contributed by atoms with Crippen LogP contribution in [0.3, 0.4) is 0 Å². The van der Waals surface area contributed by atoms with Crippen molar-refractivity contribution in [2.24, 2.45) is 0 Å². The van der Waals surface area contributed by atoms with Crippen molar-refractivity contribution in [3.8, 4) is 0 Å². The Bertz CT molecular complexity index is 131. The van der Waals surface area contributed by atoms with Gasteiger partial charge in [-0.3, -0.25) is 0 Å². The molecule has 0 spiro atoms. The molecule has 9 heavy (non-hydrogen) atoms. The van der Waals surface area contributed by atoms with E-state index in [1.165, 1.54) is 19.5 Å². The van der Waals surface area contributed by atoms with Gasteiger partial charge in [-0.25, -0.2) is 0 Å². The molecule has 2 rings (SSSR count). The standard InChI is InChI=1S/C7H14N2/c1-7-3-6(4-8-7)9(2)5-7/h6,8H,3-5H2,1-2H3/t6-,7-/m1/s1. The highest BCUT2D eigenvalue weighted by Crippen LogP contribution is 2.30. The summed E-state index contributed by atoms with van der Waals surface area (Å²) in [6, 6.07) is 0.829. The Hall–Kier alpha value is -0.0800. The lowest BCUT2D eigenvalue weighted by atomic mass is 10.0. The van der Waals surface area contributed by atoms with Crippen molar-refractivity contribution in [3.05, 3.63) is 0 Å². The van der Waals surface area contributed by atoms with Crippen LogP contribution in [-0.4, -0.2) is 36.6 Å². The topological polar surface area (TPSA) is 15.3 Å². The molecule has 2 fully saturated rings. The number of likely N-dealkylation sites (N-methyl/N-ethyl adjacent to an activating group) is 1. The minimum atomic E-state index is 0.458. The molecule has 0 unspecified atom stereocenters. The van der Waals surface area contributed by atoms with Gasteiger partial charge in [-0.05, 0) is 20.4 Å². The number of hydrogen-bond acceptors (Lipinski definition) is 2. The van der Waals surface area contributed by atoms with Crippen LogP contribution in [0.15, 0.2) is 0 Å². The highest BCUT2D eigenvalue weighted by Gasteiger charge is 2.44. The predicted octanol–water partition coefficient (Wildman–Crippen LogP) is 0.0524. The molecule has 0 aromatic heterocycles. The molecule has 2 nitrogen and oxygen atoms in total. The van der Waals surface area contributed by atoms with Gasteiger partial charge in [-0.1, -0.05) is 0 Å². The summed E-state index contributed by atoms with van der Waals surface area (Å²) in [5, 5.41) is 3.52. The van der Waals surface area contributed by atoms with Gasteiger partial charge >= 0.3 is 0 Å². The van der Waals surface area contributed by atoms with Crippen molar-refractivity contribution in [2.75, 3.05) is 20.1 Å². The molecule has 0 amide bonds. The SMILES string of the molecule is CN1C[C@@]2(C)C[C@@H]1CN2. The van der Waals surface area contributed by atoms with Crippen molar-refractivity contribution < 1.29 is 0 Å². The Morgan fingerprint density at radius 2 is 2.44 bits per heavy atom. The summed E-state index contributed by atoms with van der Waals surface area (Å²) in [5.74, 6) is 0. The maximum absolute atomic E-state index is 3.52. The van der Waals surface area contributed by atoms with Crippen molar-refractivity contribution in [1.29, 1.82) is 0 Å². The van der Waals surface area contributed by atoms with E-state index in [-0.39, 0.29) is 0 Å². The maximum atomic E-state index is 3.52. The van der Waals surface area contributed by atoms with Gasteiger partial charge in [0.2, 0.25) is 0 Å². The van der Waals surface area contributed by atoms with E-state index in [2.05, 4.69) is 24.2 Å². The van der Waals surface area contributed by atoms with Gasteiger partial charge in [0.05, 0.1) is 0 Å². The Balaban J connectivity index is 2.19. The Morgan fingerprint density at radius 3 is 2.67 bits per heavy atom. The van der Waals surface area contributed by atoms with Gasteiger partial charge in [0.25, 0.3) is 0 Å². The zero-order chi connectivity index (χ0) is 6.48. The maximum Gasteiger partial charge on any atom is 0.0296 e. The zero-order valence-electron chi connectivity index (χ0n) is 6.15. The largest absolute Gasteiger partial charge is 0.309 e. The third-order valence-corrected chi connectivity index (χ3v) is 2.67. The van der Waals surface area contributed by atoms with Crippen LogP contribution in [0.4, 0.5) is 0 Å². The number of fused-ring (bicyclic) bond motifs is 2. The van der Waals surface area contributed by atoms with Crippen molar-refractivity contribution >= 4 is 0 Å². The van der Waals surface area contributed by atoms with E-state index in [0.717, 1.165) is 6.04 Å². The second kappa shape index (κ2) is 1.50. The van der Waals surface area contributed by atoms with E-state index >= 15 is 0 Å². The van der Waals surface area contributed by atoms with E-state index in [4.69, 9.17) is 0 Å². The van der Waals surface area contributed by atoms with E-state index in [9.17, 15) is 0 Å². The molecule has 2 saturated heterocycles. The first-order chi connectivity index (χ1) is 4.20. The molecule has 0 radical (unpaired) electrons. The first-order valence-corrected chi connectivity index (χ1v) is 3.65. The predicted molar refractivity (Wildman–Crippen MR) is 37.4 cm³/mol. The van der Waals surface area contributed by atoms with Gasteiger partial charge in [0.15, 0.2) is 0 Å². The fourth-order valence-corrected chi connectivity index (χ4v) is 2.14. The first kappa shape index (κ1) is 5.69. The molecule has 0 aliphatic carbocycles. The van der Waals surface area contributed by atoms with Crippen molar-refractivity contribution in [1.82, 2.24) is 10.2 Å². The fraction of sp³-hybridized carbons (Fsp3) is 1.00. The monoisotopic (exact) mass is 126 g/mol. The van der Waals surface area contributed by atoms with Crippen LogP contribution in [0.1, 0.15) is 13.3 Å². The number of hydrogen-bond donors (Lipinski definition) is 1. The quantitative estimate of drug-likeness (QED) is 0.493. The first-order valence-electron chi connectivity index (χ1n) is 3.65. The second-order valence-corrected chi connectivity index (χ2v) is 3.71. The molecule has 0 aromatic rings. The molecule has 2 aliphatic rings. The lowest BCUT2D eigenvalue weighted by Gasteiger charge is -2.27. The fourth-order valence-electron chi connectivity index (χ4n) is 2.14. The van der Waals surface area contributed by atoms with E-state index in [1.807, 2.05) is 0 Å². The molecule has 2 heteroatoms. The van der Waals surface area contributed by atoms with E-state index < -0.39 is 0 Å². The number of rotatable bonds is 0. The molecule has 2 aliphatic heterocycles. The molecule has 1 N–H and O–H groups in total. The Morgan fingerprint density at radius 1 is 1.67 bits per heavy atom. The van der Waals surface area contributed by atoms with Crippen molar-refractivity contribution in [2.45, 2.75) is 24.9 Å². The van der Waals surface area contributed by atoms with Crippen LogP contribution >= 0.6 is 0 Å². The normalized spacial score (nSPS) is 50.7. The summed E-state index contributed by atoms with van der Waals surface area (Å²) in [5.41, 5.74) is 0.458. The molecular formula is C7H14N2. The molecule has 0 saturated carbocycles. The molecule has 2 atom stereocenters. The van der Waals surface area contributed by atoms with Crippen LogP contribution in [0.5, 0.6) is 0 Å². The van der Waals surface area contributed by atoms with Gasteiger partial charge < -0.3 is 10.2 Å². The average Bonchev–Trinajstić information content (AvgIpc) is 2.20. The number of likely N-dealkylation sites (tertiary alicyclic amines) is 1. The van der Waals surface area contributed by atoms with E-state index in [0.29, 0.717) is 5.54 Å². The third kappa shape index (κ3) is 0.700. The highest BCUT2D eigenvalue weighted by molar-refractivity contribution is 5.05. The van der Waals surface area contributed by atoms with Gasteiger partial charge in [-0.15, -0.1) is 0 Å². The van der Waals surface area contributed by atoms with E-state index in [1.54, 1.807) is 0 Å². The summed E-state index contributed by atoms with van der Waals surface area (Å²) < 4.78 is 0. The van der Waals surface area contributed by atoms with Crippen LogP contribution in [-0.2, 0) is 0 Å².